The Bertz CT molecular complexity index is 1100. The number of hydrogen-bond acceptors (Lipinski definition) is 8. The van der Waals surface area contributed by atoms with Crippen molar-refractivity contribution in [1.82, 2.24) is 10.4 Å². The first-order chi connectivity index (χ1) is 13.9. The van der Waals surface area contributed by atoms with Crippen molar-refractivity contribution in [1.29, 1.82) is 0 Å². The molecule has 2 heterocycles. The molecule has 29 heavy (non-hydrogen) atoms. The van der Waals surface area contributed by atoms with Gasteiger partial charge in [0.2, 0.25) is 11.5 Å². The summed E-state index contributed by atoms with van der Waals surface area (Å²) in [6.45, 7) is 0. The minimum Gasteiger partial charge on any atom is -0.457 e. The average molecular weight is 459 g/mol. The number of amides is 1. The topological polar surface area (TPSA) is 137 Å². The number of hydrogen-bond donors (Lipinski definition) is 1. The highest BCUT2D eigenvalue weighted by Crippen LogP contribution is 2.28. The first-order valence-corrected chi connectivity index (χ1v) is 8.71. The Balaban J connectivity index is 1.72. The summed E-state index contributed by atoms with van der Waals surface area (Å²) in [6, 6.07) is 8.27. The number of aromatic nitrogens is 1. The number of nitro groups is 1. The van der Waals surface area contributed by atoms with Gasteiger partial charge in [-0.15, -0.1) is 0 Å². The average Bonchev–Trinajstić information content (AvgIpc) is 3.23. The van der Waals surface area contributed by atoms with Gasteiger partial charge in [-0.05, 0) is 46.3 Å². The van der Waals surface area contributed by atoms with Crippen LogP contribution in [0, 0.1) is 10.1 Å². The first-order valence-electron chi connectivity index (χ1n) is 7.92. The molecule has 1 amide bonds. The van der Waals surface area contributed by atoms with Crippen LogP contribution in [0.1, 0.15) is 26.5 Å². The van der Waals surface area contributed by atoms with Crippen molar-refractivity contribution in [2.75, 3.05) is 0 Å². The van der Waals surface area contributed by atoms with Crippen LogP contribution >= 0.6 is 15.9 Å². The quantitative estimate of drug-likeness (QED) is 0.196. The number of carbonyl (C=O) groups excluding carboxylic acids is 2. The van der Waals surface area contributed by atoms with Crippen LogP contribution in [0.5, 0.6) is 5.75 Å². The lowest BCUT2D eigenvalue weighted by Gasteiger charge is -2.04. The summed E-state index contributed by atoms with van der Waals surface area (Å²) in [5.41, 5.74) is 2.43. The number of benzene rings is 1. The number of carbonyl (C=O) groups is 2. The van der Waals surface area contributed by atoms with E-state index in [2.05, 4.69) is 31.4 Å². The van der Waals surface area contributed by atoms with Crippen LogP contribution in [0.15, 0.2) is 69.0 Å². The Morgan fingerprint density at radius 3 is 2.79 bits per heavy atom. The highest BCUT2D eigenvalue weighted by atomic mass is 79.9. The molecule has 0 bridgehead atoms. The number of hydrazone groups is 1. The fraction of sp³-hybridized carbons (Fsp3) is 0. The maximum Gasteiger partial charge on any atom is 0.379 e. The van der Waals surface area contributed by atoms with Gasteiger partial charge in [0.25, 0.3) is 5.91 Å². The predicted molar refractivity (Wildman–Crippen MR) is 104 cm³/mol. The molecule has 146 valence electrons. The van der Waals surface area contributed by atoms with Crippen LogP contribution < -0.4 is 10.2 Å². The summed E-state index contributed by atoms with van der Waals surface area (Å²) in [5.74, 6) is -1.71. The fourth-order valence-electron chi connectivity index (χ4n) is 2.15. The van der Waals surface area contributed by atoms with Gasteiger partial charge in [0.05, 0.1) is 23.0 Å². The van der Waals surface area contributed by atoms with Gasteiger partial charge in [-0.3, -0.25) is 19.9 Å². The first kappa shape index (κ1) is 19.9. The van der Waals surface area contributed by atoms with Crippen molar-refractivity contribution >= 4 is 39.7 Å². The van der Waals surface area contributed by atoms with E-state index in [0.717, 1.165) is 6.07 Å². The van der Waals surface area contributed by atoms with Gasteiger partial charge < -0.3 is 9.15 Å². The van der Waals surface area contributed by atoms with Gasteiger partial charge in [0.1, 0.15) is 0 Å². The number of furan rings is 1. The molecule has 0 aliphatic heterocycles. The normalized spacial score (nSPS) is 10.7. The highest BCUT2D eigenvalue weighted by molar-refractivity contribution is 9.10. The molecule has 0 saturated carbocycles. The zero-order valence-corrected chi connectivity index (χ0v) is 16.0. The lowest BCUT2D eigenvalue weighted by molar-refractivity contribution is -0.385. The lowest BCUT2D eigenvalue weighted by atomic mass is 10.2. The van der Waals surface area contributed by atoms with Crippen LogP contribution in [0.25, 0.3) is 0 Å². The van der Waals surface area contributed by atoms with E-state index in [0.29, 0.717) is 10.0 Å². The van der Waals surface area contributed by atoms with Crippen LogP contribution in [0.3, 0.4) is 0 Å². The maximum absolute atomic E-state index is 12.0. The van der Waals surface area contributed by atoms with Crippen LogP contribution in [-0.2, 0) is 0 Å². The summed E-state index contributed by atoms with van der Waals surface area (Å²) in [5, 5.41) is 15.1. The van der Waals surface area contributed by atoms with Gasteiger partial charge in [-0.1, -0.05) is 0 Å². The van der Waals surface area contributed by atoms with Crippen molar-refractivity contribution in [2.24, 2.45) is 5.10 Å². The van der Waals surface area contributed by atoms with Gasteiger partial charge in [-0.2, -0.15) is 5.10 Å². The summed E-state index contributed by atoms with van der Waals surface area (Å²) in [7, 11) is 0. The molecule has 11 heteroatoms. The zero-order valence-electron chi connectivity index (χ0n) is 14.4. The van der Waals surface area contributed by atoms with Gasteiger partial charge in [0, 0.05) is 28.5 Å². The number of nitrogens with zero attached hydrogens (tertiary/aromatic N) is 3. The van der Waals surface area contributed by atoms with E-state index in [1.165, 1.54) is 49.1 Å². The van der Waals surface area contributed by atoms with Crippen molar-refractivity contribution in [3.8, 4) is 5.75 Å². The Morgan fingerprint density at radius 1 is 1.28 bits per heavy atom. The Kier molecular flexibility index (Phi) is 6.09. The van der Waals surface area contributed by atoms with E-state index in [-0.39, 0.29) is 17.1 Å². The molecule has 0 atom stereocenters. The molecular weight excluding hydrogens is 448 g/mol. The van der Waals surface area contributed by atoms with Crippen LogP contribution in [0.4, 0.5) is 5.69 Å². The summed E-state index contributed by atoms with van der Waals surface area (Å²) < 4.78 is 10.5. The molecular formula is C18H11BrN4O6. The Morgan fingerprint density at radius 2 is 2.10 bits per heavy atom. The van der Waals surface area contributed by atoms with E-state index in [1.54, 1.807) is 6.07 Å². The SMILES string of the molecule is O=C(NN=Cc1ccc(OC(=O)c2ccco2)c([N+](=O)[O-])c1)c1cncc(Br)c1. The van der Waals surface area contributed by atoms with Gasteiger partial charge >= 0.3 is 11.7 Å². The predicted octanol–water partition coefficient (Wildman–Crippen LogP) is 3.33. The van der Waals surface area contributed by atoms with Gasteiger partial charge in [-0.25, -0.2) is 10.2 Å². The van der Waals surface area contributed by atoms with E-state index in [4.69, 9.17) is 9.15 Å². The molecule has 3 aromatic rings. The largest absolute Gasteiger partial charge is 0.457 e. The van der Waals surface area contributed by atoms with Crippen molar-refractivity contribution < 1.29 is 23.7 Å². The minimum atomic E-state index is -0.866. The third-order valence-electron chi connectivity index (χ3n) is 3.45. The number of esters is 1. The smallest absolute Gasteiger partial charge is 0.379 e. The number of nitrogens with one attached hydrogen (secondary N) is 1. The van der Waals surface area contributed by atoms with Crippen molar-refractivity contribution in [3.63, 3.8) is 0 Å². The van der Waals surface area contributed by atoms with E-state index in [1.807, 2.05) is 0 Å². The molecule has 10 nitrogen and oxygen atoms in total. The van der Waals surface area contributed by atoms with Gasteiger partial charge in [0.15, 0.2) is 0 Å². The molecule has 1 N–H and O–H groups in total. The molecule has 0 fully saturated rings. The zero-order chi connectivity index (χ0) is 20.8. The molecule has 2 aromatic heterocycles. The Hall–Kier alpha value is -3.86. The van der Waals surface area contributed by atoms with Crippen LogP contribution in [0.2, 0.25) is 0 Å². The monoisotopic (exact) mass is 458 g/mol. The summed E-state index contributed by atoms with van der Waals surface area (Å²) >= 11 is 3.21. The molecule has 0 unspecified atom stereocenters. The van der Waals surface area contributed by atoms with Crippen LogP contribution in [-0.4, -0.2) is 28.0 Å². The van der Waals surface area contributed by atoms with E-state index >= 15 is 0 Å². The molecule has 0 spiro atoms. The molecule has 3 rings (SSSR count). The number of nitro benzene ring substituents is 1. The second-order valence-corrected chi connectivity index (χ2v) is 6.36. The summed E-state index contributed by atoms with van der Waals surface area (Å²) in [4.78, 5) is 38.4. The highest BCUT2D eigenvalue weighted by Gasteiger charge is 2.20. The molecule has 1 aromatic carbocycles. The number of rotatable bonds is 6. The molecule has 0 aliphatic rings. The lowest BCUT2D eigenvalue weighted by Crippen LogP contribution is -2.17. The maximum atomic E-state index is 12.0. The third kappa shape index (κ3) is 5.11. The number of pyridine rings is 1. The Labute approximate surface area is 171 Å². The summed E-state index contributed by atoms with van der Waals surface area (Å²) in [6.07, 6.45) is 5.39. The number of ether oxygens (including phenoxy) is 1. The minimum absolute atomic E-state index is 0.0883. The second-order valence-electron chi connectivity index (χ2n) is 5.44. The standard InChI is InChI=1S/C18H11BrN4O6/c19-13-7-12(9-20-10-13)17(24)22-21-8-11-3-4-15(14(6-11)23(26)27)29-18(25)16-2-1-5-28-16/h1-10H,(H,22,24). The molecule has 0 radical (unpaired) electrons. The van der Waals surface area contributed by atoms with E-state index in [9.17, 15) is 19.7 Å². The van der Waals surface area contributed by atoms with Crippen molar-refractivity contribution in [2.45, 2.75) is 0 Å². The molecule has 0 saturated heterocycles. The van der Waals surface area contributed by atoms with E-state index < -0.39 is 22.5 Å². The number of halogens is 1. The molecule has 0 aliphatic carbocycles. The third-order valence-corrected chi connectivity index (χ3v) is 3.89. The fourth-order valence-corrected chi connectivity index (χ4v) is 2.52. The van der Waals surface area contributed by atoms with Crippen molar-refractivity contribution in [3.05, 3.63) is 86.5 Å². The second kappa shape index (κ2) is 8.89.